The van der Waals surface area contributed by atoms with Crippen molar-refractivity contribution in [2.45, 2.75) is 32.2 Å². The first-order chi connectivity index (χ1) is 13.2. The largest absolute Gasteiger partial charge is 0.379 e. The van der Waals surface area contributed by atoms with E-state index >= 15 is 0 Å². The van der Waals surface area contributed by atoms with Gasteiger partial charge in [0.2, 0.25) is 11.8 Å². The van der Waals surface area contributed by atoms with Crippen molar-refractivity contribution in [2.75, 3.05) is 38.2 Å². The van der Waals surface area contributed by atoms with Crippen molar-refractivity contribution < 1.29 is 14.3 Å². The van der Waals surface area contributed by atoms with Crippen LogP contribution in [0.15, 0.2) is 36.4 Å². The van der Waals surface area contributed by atoms with E-state index in [1.807, 2.05) is 24.3 Å². The molecular weight excluding hydrogens is 342 g/mol. The van der Waals surface area contributed by atoms with Gasteiger partial charge in [0.1, 0.15) is 0 Å². The summed E-state index contributed by atoms with van der Waals surface area (Å²) in [4.78, 5) is 26.7. The maximum Gasteiger partial charge on any atom is 0.225 e. The number of rotatable bonds is 7. The predicted molar refractivity (Wildman–Crippen MR) is 105 cm³/mol. The molecule has 1 atom stereocenters. The number of nitrogens with zero attached hydrogens (tertiary/aromatic N) is 1. The lowest BCUT2D eigenvalue weighted by Gasteiger charge is -2.26. The van der Waals surface area contributed by atoms with Crippen molar-refractivity contribution in [2.24, 2.45) is 5.92 Å². The maximum absolute atomic E-state index is 12.2. The molecule has 1 unspecified atom stereocenters. The van der Waals surface area contributed by atoms with Crippen molar-refractivity contribution in [1.29, 1.82) is 0 Å². The minimum Gasteiger partial charge on any atom is -0.379 e. The number of allylic oxidation sites excluding steroid dienone is 2. The van der Waals surface area contributed by atoms with Crippen molar-refractivity contribution in [1.82, 2.24) is 10.2 Å². The Bertz CT molecular complexity index is 668. The van der Waals surface area contributed by atoms with Gasteiger partial charge in [0, 0.05) is 44.2 Å². The van der Waals surface area contributed by atoms with Crippen LogP contribution in [-0.4, -0.2) is 49.6 Å². The lowest BCUT2D eigenvalue weighted by atomic mass is 9.93. The monoisotopic (exact) mass is 371 g/mol. The number of morpholine rings is 1. The third kappa shape index (κ3) is 6.48. The fraction of sp³-hybridized carbons (Fsp3) is 0.524. The van der Waals surface area contributed by atoms with Gasteiger partial charge in [-0.15, -0.1) is 0 Å². The average molecular weight is 371 g/mol. The van der Waals surface area contributed by atoms with Crippen molar-refractivity contribution >= 4 is 17.5 Å². The fourth-order valence-electron chi connectivity index (χ4n) is 3.43. The third-order valence-electron chi connectivity index (χ3n) is 5.08. The Morgan fingerprint density at radius 2 is 2.04 bits per heavy atom. The summed E-state index contributed by atoms with van der Waals surface area (Å²) in [5, 5.41) is 5.97. The number of hydrogen-bond acceptors (Lipinski definition) is 4. The van der Waals surface area contributed by atoms with Crippen LogP contribution in [0.25, 0.3) is 0 Å². The molecule has 2 aliphatic rings. The first-order valence-electron chi connectivity index (χ1n) is 9.82. The topological polar surface area (TPSA) is 70.7 Å². The van der Waals surface area contributed by atoms with Crippen molar-refractivity contribution in [3.63, 3.8) is 0 Å². The zero-order valence-corrected chi connectivity index (χ0v) is 15.8. The molecule has 1 heterocycles. The smallest absolute Gasteiger partial charge is 0.225 e. The quantitative estimate of drug-likeness (QED) is 0.722. The molecule has 1 saturated heterocycles. The normalized spacial score (nSPS) is 20.2. The van der Waals surface area contributed by atoms with E-state index in [9.17, 15) is 9.59 Å². The van der Waals surface area contributed by atoms with Crippen molar-refractivity contribution in [3.8, 4) is 0 Å². The van der Waals surface area contributed by atoms with E-state index in [1.54, 1.807) is 0 Å². The van der Waals surface area contributed by atoms with Crippen molar-refractivity contribution in [3.05, 3.63) is 42.0 Å². The molecule has 0 radical (unpaired) electrons. The molecule has 3 rings (SSSR count). The van der Waals surface area contributed by atoms with Gasteiger partial charge in [-0.3, -0.25) is 14.5 Å². The zero-order valence-electron chi connectivity index (χ0n) is 15.8. The number of ether oxygens (including phenoxy) is 1. The summed E-state index contributed by atoms with van der Waals surface area (Å²) < 4.78 is 5.32. The standard InChI is InChI=1S/C21H29N3O3/c25-20(9-10-24-11-13-27-14-12-24)23-19-8-4-5-17(15-19)16-22-21(26)18-6-2-1-3-7-18/h1-2,4-5,8,15,18H,3,6-7,9-14,16H2,(H,22,26)(H,23,25). The first-order valence-corrected chi connectivity index (χ1v) is 9.82. The molecule has 6 heteroatoms. The van der Waals surface area contributed by atoms with Crippen LogP contribution >= 0.6 is 0 Å². The van der Waals surface area contributed by atoms with Crippen LogP contribution in [0.1, 0.15) is 31.2 Å². The SMILES string of the molecule is O=C(CCN1CCOCC1)Nc1cccc(CNC(=O)C2CC=CCC2)c1. The van der Waals surface area contributed by atoms with Crippen LogP contribution in [-0.2, 0) is 20.9 Å². The number of benzene rings is 1. The summed E-state index contributed by atoms with van der Waals surface area (Å²) >= 11 is 0. The summed E-state index contributed by atoms with van der Waals surface area (Å²) in [6, 6.07) is 7.67. The molecule has 27 heavy (non-hydrogen) atoms. The minimum atomic E-state index is 0.0108. The molecule has 1 aliphatic carbocycles. The highest BCUT2D eigenvalue weighted by Crippen LogP contribution is 2.18. The number of amides is 2. The van der Waals surface area contributed by atoms with Gasteiger partial charge in [-0.25, -0.2) is 0 Å². The summed E-state index contributed by atoms with van der Waals surface area (Å²) in [5.41, 5.74) is 1.76. The molecule has 0 saturated carbocycles. The van der Waals surface area contributed by atoms with Gasteiger partial charge in [-0.2, -0.15) is 0 Å². The van der Waals surface area contributed by atoms with Crippen LogP contribution in [0, 0.1) is 5.92 Å². The molecule has 0 spiro atoms. The second kappa shape index (κ2) is 10.2. The van der Waals surface area contributed by atoms with Gasteiger partial charge >= 0.3 is 0 Å². The molecule has 2 N–H and O–H groups in total. The van der Waals surface area contributed by atoms with E-state index in [1.165, 1.54) is 0 Å². The Kier molecular flexibility index (Phi) is 7.42. The molecule has 0 aromatic heterocycles. The average Bonchev–Trinajstić information content (AvgIpc) is 2.72. The van der Waals surface area contributed by atoms with Gasteiger partial charge in [-0.05, 0) is 37.0 Å². The van der Waals surface area contributed by atoms with Gasteiger partial charge in [0.25, 0.3) is 0 Å². The van der Waals surface area contributed by atoms with E-state index in [2.05, 4.69) is 27.7 Å². The summed E-state index contributed by atoms with van der Waals surface area (Å²) in [5.74, 6) is 0.203. The number of carbonyl (C=O) groups is 2. The minimum absolute atomic E-state index is 0.0108. The summed E-state index contributed by atoms with van der Waals surface area (Å²) in [7, 11) is 0. The Morgan fingerprint density at radius 1 is 1.19 bits per heavy atom. The molecule has 2 amide bonds. The molecule has 6 nitrogen and oxygen atoms in total. The molecular formula is C21H29N3O3. The zero-order chi connectivity index (χ0) is 18.9. The first kappa shape index (κ1) is 19.6. The van der Waals surface area contributed by atoms with Crippen LogP contribution in [0.4, 0.5) is 5.69 Å². The second-order valence-corrected chi connectivity index (χ2v) is 7.15. The fourth-order valence-corrected chi connectivity index (χ4v) is 3.43. The van der Waals surface area contributed by atoms with Gasteiger partial charge in [0.15, 0.2) is 0 Å². The van der Waals surface area contributed by atoms with Crippen LogP contribution < -0.4 is 10.6 Å². The van der Waals surface area contributed by atoms with E-state index in [0.717, 1.165) is 63.4 Å². The van der Waals surface area contributed by atoms with E-state index in [-0.39, 0.29) is 17.7 Å². The molecule has 1 fully saturated rings. The van der Waals surface area contributed by atoms with Crippen LogP contribution in [0.2, 0.25) is 0 Å². The van der Waals surface area contributed by atoms with Crippen LogP contribution in [0.5, 0.6) is 0 Å². The van der Waals surface area contributed by atoms with Gasteiger partial charge in [-0.1, -0.05) is 24.3 Å². The van der Waals surface area contributed by atoms with Gasteiger partial charge in [0.05, 0.1) is 13.2 Å². The number of nitrogens with one attached hydrogen (secondary N) is 2. The third-order valence-corrected chi connectivity index (χ3v) is 5.08. The van der Waals surface area contributed by atoms with E-state index in [0.29, 0.717) is 13.0 Å². The Hall–Kier alpha value is -2.18. The van der Waals surface area contributed by atoms with E-state index in [4.69, 9.17) is 4.74 Å². The number of anilines is 1. The highest BCUT2D eigenvalue weighted by atomic mass is 16.5. The summed E-state index contributed by atoms with van der Waals surface area (Å²) in [6.07, 6.45) is 7.41. The predicted octanol–water partition coefficient (Wildman–Crippen LogP) is 2.32. The highest BCUT2D eigenvalue weighted by Gasteiger charge is 2.18. The number of carbonyl (C=O) groups excluding carboxylic acids is 2. The highest BCUT2D eigenvalue weighted by molar-refractivity contribution is 5.90. The molecule has 1 aromatic carbocycles. The maximum atomic E-state index is 12.2. The lowest BCUT2D eigenvalue weighted by Crippen LogP contribution is -2.38. The Morgan fingerprint density at radius 3 is 2.81 bits per heavy atom. The van der Waals surface area contributed by atoms with Gasteiger partial charge < -0.3 is 15.4 Å². The Labute approximate surface area is 161 Å². The summed E-state index contributed by atoms with van der Waals surface area (Å²) in [6.45, 7) is 4.49. The van der Waals surface area contributed by atoms with Crippen LogP contribution in [0.3, 0.4) is 0 Å². The molecule has 146 valence electrons. The Balaban J connectivity index is 1.43. The second-order valence-electron chi connectivity index (χ2n) is 7.15. The lowest BCUT2D eigenvalue weighted by molar-refractivity contribution is -0.125. The molecule has 1 aromatic rings. The van der Waals surface area contributed by atoms with E-state index < -0.39 is 0 Å². The molecule has 1 aliphatic heterocycles. The number of hydrogen-bond donors (Lipinski definition) is 2. The molecule has 0 bridgehead atoms.